The number of benzene rings is 2. The lowest BCUT2D eigenvalue weighted by Crippen LogP contribution is -2.48. The Labute approximate surface area is 178 Å². The molecule has 7 nitrogen and oxygen atoms in total. The van der Waals surface area contributed by atoms with Gasteiger partial charge >= 0.3 is 6.61 Å². The predicted molar refractivity (Wildman–Crippen MR) is 109 cm³/mol. The number of amides is 1. The first kappa shape index (κ1) is 20.9. The van der Waals surface area contributed by atoms with Crippen LogP contribution in [0.2, 0.25) is 0 Å². The third-order valence-corrected chi connectivity index (χ3v) is 5.10. The van der Waals surface area contributed by atoms with E-state index in [-0.39, 0.29) is 11.7 Å². The molecule has 3 aromatic rings. The quantitative estimate of drug-likeness (QED) is 0.597. The SMILES string of the molecule is Cc1ccc(-c2noc(CN3CCN(C(=O)c4cccc(OC(F)F)c4)CC3)n2)cc1. The summed E-state index contributed by atoms with van der Waals surface area (Å²) in [4.78, 5) is 21.0. The predicted octanol–water partition coefficient (Wildman–Crippen LogP) is 3.60. The zero-order valence-electron chi connectivity index (χ0n) is 17.0. The van der Waals surface area contributed by atoms with Crippen LogP contribution in [0.1, 0.15) is 21.8 Å². The average molecular weight is 428 g/mol. The number of carbonyl (C=O) groups is 1. The van der Waals surface area contributed by atoms with Crippen LogP contribution in [0.5, 0.6) is 5.75 Å². The van der Waals surface area contributed by atoms with Crippen molar-refractivity contribution in [1.29, 1.82) is 0 Å². The minimum Gasteiger partial charge on any atom is -0.435 e. The smallest absolute Gasteiger partial charge is 0.387 e. The van der Waals surface area contributed by atoms with E-state index in [1.807, 2.05) is 31.2 Å². The number of piperazine rings is 1. The molecule has 0 spiro atoms. The first-order valence-corrected chi connectivity index (χ1v) is 9.94. The molecule has 0 bridgehead atoms. The summed E-state index contributed by atoms with van der Waals surface area (Å²) in [6, 6.07) is 13.8. The van der Waals surface area contributed by atoms with Gasteiger partial charge < -0.3 is 14.2 Å². The lowest BCUT2D eigenvalue weighted by atomic mass is 10.1. The zero-order valence-corrected chi connectivity index (χ0v) is 17.0. The molecule has 1 saturated heterocycles. The van der Waals surface area contributed by atoms with Crippen LogP contribution in [0, 0.1) is 6.92 Å². The van der Waals surface area contributed by atoms with Crippen molar-refractivity contribution >= 4 is 5.91 Å². The van der Waals surface area contributed by atoms with Gasteiger partial charge in [-0.3, -0.25) is 9.69 Å². The van der Waals surface area contributed by atoms with E-state index < -0.39 is 6.61 Å². The average Bonchev–Trinajstić information content (AvgIpc) is 3.22. The maximum Gasteiger partial charge on any atom is 0.387 e. The van der Waals surface area contributed by atoms with Gasteiger partial charge in [0.25, 0.3) is 5.91 Å². The summed E-state index contributed by atoms with van der Waals surface area (Å²) in [6.07, 6.45) is 0. The number of alkyl halides is 2. The molecule has 9 heteroatoms. The minimum atomic E-state index is -2.93. The van der Waals surface area contributed by atoms with Crippen LogP contribution >= 0.6 is 0 Å². The monoisotopic (exact) mass is 428 g/mol. The van der Waals surface area contributed by atoms with Crippen LogP contribution in [0.25, 0.3) is 11.4 Å². The first-order valence-electron chi connectivity index (χ1n) is 9.94. The molecule has 1 aliphatic rings. The second-order valence-electron chi connectivity index (χ2n) is 7.35. The van der Waals surface area contributed by atoms with Crippen molar-refractivity contribution in [3.63, 3.8) is 0 Å². The number of hydrogen-bond donors (Lipinski definition) is 0. The molecule has 1 aromatic heterocycles. The van der Waals surface area contributed by atoms with Crippen LogP contribution in [0.3, 0.4) is 0 Å². The van der Waals surface area contributed by atoms with Crippen LogP contribution in [0.4, 0.5) is 8.78 Å². The van der Waals surface area contributed by atoms with E-state index >= 15 is 0 Å². The van der Waals surface area contributed by atoms with Gasteiger partial charge in [-0.05, 0) is 25.1 Å². The lowest BCUT2D eigenvalue weighted by Gasteiger charge is -2.34. The van der Waals surface area contributed by atoms with Gasteiger partial charge in [0.15, 0.2) is 0 Å². The van der Waals surface area contributed by atoms with E-state index in [4.69, 9.17) is 4.52 Å². The van der Waals surface area contributed by atoms with Crippen molar-refractivity contribution in [2.24, 2.45) is 0 Å². The topological polar surface area (TPSA) is 71.7 Å². The molecular formula is C22H22F2N4O3. The number of rotatable bonds is 6. The summed E-state index contributed by atoms with van der Waals surface area (Å²) in [5.74, 6) is 0.834. The number of carbonyl (C=O) groups excluding carboxylic acids is 1. The zero-order chi connectivity index (χ0) is 21.8. The van der Waals surface area contributed by atoms with E-state index in [0.717, 1.165) is 11.1 Å². The summed E-state index contributed by atoms with van der Waals surface area (Å²) in [7, 11) is 0. The second-order valence-corrected chi connectivity index (χ2v) is 7.35. The second kappa shape index (κ2) is 9.22. The van der Waals surface area contributed by atoms with Gasteiger partial charge in [-0.1, -0.05) is 41.1 Å². The van der Waals surface area contributed by atoms with Gasteiger partial charge in [0.2, 0.25) is 11.7 Å². The highest BCUT2D eigenvalue weighted by molar-refractivity contribution is 5.94. The van der Waals surface area contributed by atoms with Crippen LogP contribution in [-0.2, 0) is 6.54 Å². The standard InChI is InChI=1S/C22H22F2N4O3/c1-15-5-7-16(8-6-15)20-25-19(31-26-20)14-27-9-11-28(12-10-27)21(29)17-3-2-4-18(13-17)30-22(23)24/h2-8,13,22H,9-12,14H2,1H3. The normalized spacial score (nSPS) is 14.8. The molecule has 0 aliphatic carbocycles. The third-order valence-electron chi connectivity index (χ3n) is 5.10. The van der Waals surface area contributed by atoms with Crippen molar-refractivity contribution in [2.75, 3.05) is 26.2 Å². The van der Waals surface area contributed by atoms with Gasteiger partial charge in [-0.25, -0.2) is 0 Å². The van der Waals surface area contributed by atoms with Gasteiger partial charge in [0.05, 0.1) is 6.54 Å². The van der Waals surface area contributed by atoms with Crippen molar-refractivity contribution in [3.05, 3.63) is 65.5 Å². The molecule has 1 fully saturated rings. The van der Waals surface area contributed by atoms with Crippen LogP contribution in [0.15, 0.2) is 53.1 Å². The van der Waals surface area contributed by atoms with Gasteiger partial charge in [-0.15, -0.1) is 0 Å². The molecule has 0 atom stereocenters. The number of aryl methyl sites for hydroxylation is 1. The number of nitrogens with zero attached hydrogens (tertiary/aromatic N) is 4. The molecule has 1 amide bonds. The maximum atomic E-state index is 12.7. The molecule has 162 valence electrons. The van der Waals surface area contributed by atoms with E-state index in [1.54, 1.807) is 11.0 Å². The number of hydrogen-bond acceptors (Lipinski definition) is 6. The molecule has 0 radical (unpaired) electrons. The molecule has 31 heavy (non-hydrogen) atoms. The highest BCUT2D eigenvalue weighted by Crippen LogP contribution is 2.19. The maximum absolute atomic E-state index is 12.7. The van der Waals surface area contributed by atoms with Crippen molar-refractivity contribution < 1.29 is 22.8 Å². The Balaban J connectivity index is 1.32. The largest absolute Gasteiger partial charge is 0.435 e. The fraction of sp³-hybridized carbons (Fsp3) is 0.318. The van der Waals surface area contributed by atoms with E-state index in [0.29, 0.717) is 50.0 Å². The summed E-state index contributed by atoms with van der Waals surface area (Å²) in [6.45, 7) is 1.89. The fourth-order valence-corrected chi connectivity index (χ4v) is 3.43. The Morgan fingerprint density at radius 2 is 1.87 bits per heavy atom. The van der Waals surface area contributed by atoms with Crippen molar-refractivity contribution in [2.45, 2.75) is 20.1 Å². The fourth-order valence-electron chi connectivity index (χ4n) is 3.43. The highest BCUT2D eigenvalue weighted by atomic mass is 19.3. The Morgan fingerprint density at radius 3 is 2.58 bits per heavy atom. The molecular weight excluding hydrogens is 406 g/mol. The molecule has 0 saturated carbocycles. The lowest BCUT2D eigenvalue weighted by molar-refractivity contribution is -0.0499. The number of aromatic nitrogens is 2. The summed E-state index contributed by atoms with van der Waals surface area (Å²) < 4.78 is 34.6. The Hall–Kier alpha value is -3.33. The highest BCUT2D eigenvalue weighted by Gasteiger charge is 2.24. The summed E-state index contributed by atoms with van der Waals surface area (Å²) in [5, 5.41) is 4.05. The van der Waals surface area contributed by atoms with Gasteiger partial charge in [0.1, 0.15) is 5.75 Å². The minimum absolute atomic E-state index is 0.0275. The van der Waals surface area contributed by atoms with Crippen molar-refractivity contribution in [1.82, 2.24) is 19.9 Å². The molecule has 0 unspecified atom stereocenters. The summed E-state index contributed by atoms with van der Waals surface area (Å²) in [5.41, 5.74) is 2.38. The Kier molecular flexibility index (Phi) is 6.22. The molecule has 2 heterocycles. The van der Waals surface area contributed by atoms with Crippen molar-refractivity contribution in [3.8, 4) is 17.1 Å². The molecule has 4 rings (SSSR count). The van der Waals surface area contributed by atoms with Gasteiger partial charge in [0, 0.05) is 37.3 Å². The van der Waals surface area contributed by atoms with Gasteiger partial charge in [-0.2, -0.15) is 13.8 Å². The molecule has 0 N–H and O–H groups in total. The number of halogens is 2. The van der Waals surface area contributed by atoms with E-state index in [9.17, 15) is 13.6 Å². The molecule has 2 aromatic carbocycles. The first-order chi connectivity index (χ1) is 15.0. The third kappa shape index (κ3) is 5.24. The molecule has 1 aliphatic heterocycles. The summed E-state index contributed by atoms with van der Waals surface area (Å²) >= 11 is 0. The van der Waals surface area contributed by atoms with E-state index in [1.165, 1.54) is 18.2 Å². The van der Waals surface area contributed by atoms with Crippen LogP contribution < -0.4 is 4.74 Å². The Morgan fingerprint density at radius 1 is 1.13 bits per heavy atom. The van der Waals surface area contributed by atoms with Crippen LogP contribution in [-0.4, -0.2) is 58.6 Å². The number of ether oxygens (including phenoxy) is 1. The van der Waals surface area contributed by atoms with E-state index in [2.05, 4.69) is 19.8 Å². The Bertz CT molecular complexity index is 1030.